The van der Waals surface area contributed by atoms with E-state index in [0.717, 1.165) is 28.0 Å². The van der Waals surface area contributed by atoms with Crippen molar-refractivity contribution >= 4 is 0 Å². The molecule has 0 fully saturated rings. The number of methoxy groups -OCH3 is 2. The average molecular weight is 352 g/mol. The quantitative estimate of drug-likeness (QED) is 0.628. The summed E-state index contributed by atoms with van der Waals surface area (Å²) in [7, 11) is 3.32. The van der Waals surface area contributed by atoms with Crippen LogP contribution in [0.3, 0.4) is 0 Å². The molecule has 27 heavy (non-hydrogen) atoms. The highest BCUT2D eigenvalue weighted by molar-refractivity contribution is 5.50. The van der Waals surface area contributed by atoms with Crippen LogP contribution in [0.15, 0.2) is 78.9 Å². The van der Waals surface area contributed by atoms with Crippen molar-refractivity contribution in [3.05, 3.63) is 101 Å². The third-order valence-electron chi connectivity index (χ3n) is 4.03. The first-order valence-electron chi connectivity index (χ1n) is 8.64. The zero-order valence-corrected chi connectivity index (χ0v) is 15.4. The van der Waals surface area contributed by atoms with Gasteiger partial charge in [-0.2, -0.15) is 0 Å². The lowest BCUT2D eigenvalue weighted by Crippen LogP contribution is -2.01. The number of hydrogen-bond acceptors (Lipinski definition) is 2. The first-order valence-corrected chi connectivity index (χ1v) is 8.64. The van der Waals surface area contributed by atoms with Gasteiger partial charge in [0.2, 0.25) is 0 Å². The molecule has 1 atom stereocenters. The number of rotatable bonds is 3. The van der Waals surface area contributed by atoms with Gasteiger partial charge in [0, 0.05) is 29.4 Å². The van der Waals surface area contributed by atoms with E-state index in [4.69, 9.17) is 9.47 Å². The van der Waals surface area contributed by atoms with E-state index in [1.54, 1.807) is 14.2 Å². The van der Waals surface area contributed by atoms with Crippen molar-refractivity contribution in [1.29, 1.82) is 0 Å². The molecule has 0 aliphatic carbocycles. The minimum absolute atomic E-state index is 0.341. The van der Waals surface area contributed by atoms with E-state index in [2.05, 4.69) is 23.7 Å². The molecule has 0 spiro atoms. The standard InChI is InChI=1S/C25H20O2/c1-26-23-17-13-21(14-18-23)12-16-22-10-6-7-11-24(22)25(27-2)19-15-20-8-4-3-5-9-20/h3-11,13-14,17-18,25H,1-2H3. The third kappa shape index (κ3) is 5.02. The summed E-state index contributed by atoms with van der Waals surface area (Å²) in [4.78, 5) is 0. The van der Waals surface area contributed by atoms with Gasteiger partial charge in [0.05, 0.1) is 7.11 Å². The molecule has 0 radical (unpaired) electrons. The summed E-state index contributed by atoms with van der Waals surface area (Å²) in [6.07, 6.45) is -0.341. The number of ether oxygens (including phenoxy) is 2. The summed E-state index contributed by atoms with van der Waals surface area (Å²) in [6.45, 7) is 0. The minimum atomic E-state index is -0.341. The second kappa shape index (κ2) is 9.30. The molecule has 3 aromatic rings. The lowest BCUT2D eigenvalue weighted by Gasteiger charge is -2.11. The predicted octanol–water partition coefficient (Wildman–Crippen LogP) is 4.83. The topological polar surface area (TPSA) is 18.5 Å². The van der Waals surface area contributed by atoms with Gasteiger partial charge in [-0.05, 0) is 42.5 Å². The van der Waals surface area contributed by atoms with Gasteiger partial charge in [0.15, 0.2) is 0 Å². The Morgan fingerprint density at radius 1 is 0.667 bits per heavy atom. The molecule has 0 bridgehead atoms. The monoisotopic (exact) mass is 352 g/mol. The molecular weight excluding hydrogens is 332 g/mol. The second-order valence-electron chi connectivity index (χ2n) is 5.82. The highest BCUT2D eigenvalue weighted by Crippen LogP contribution is 2.20. The Balaban J connectivity index is 1.88. The Hall–Kier alpha value is -3.46. The van der Waals surface area contributed by atoms with Crippen LogP contribution in [0.2, 0.25) is 0 Å². The average Bonchev–Trinajstić information content (AvgIpc) is 2.74. The molecule has 132 valence electrons. The maximum absolute atomic E-state index is 5.62. The molecule has 0 aromatic heterocycles. The minimum Gasteiger partial charge on any atom is -0.497 e. The Morgan fingerprint density at radius 2 is 1.33 bits per heavy atom. The fourth-order valence-electron chi connectivity index (χ4n) is 2.59. The number of hydrogen-bond donors (Lipinski definition) is 0. The normalized spacial score (nSPS) is 10.7. The molecule has 1 unspecified atom stereocenters. The lowest BCUT2D eigenvalue weighted by molar-refractivity contribution is 0.150. The fraction of sp³-hybridized carbons (Fsp3) is 0.120. The van der Waals surface area contributed by atoms with E-state index in [1.807, 2.05) is 78.9 Å². The SMILES string of the molecule is COc1ccc(C#Cc2ccccc2C(C#Cc2ccccc2)OC)cc1. The highest BCUT2D eigenvalue weighted by Gasteiger charge is 2.10. The van der Waals surface area contributed by atoms with Crippen molar-refractivity contribution < 1.29 is 9.47 Å². The van der Waals surface area contributed by atoms with Crippen LogP contribution in [0.5, 0.6) is 5.75 Å². The van der Waals surface area contributed by atoms with E-state index in [0.29, 0.717) is 0 Å². The van der Waals surface area contributed by atoms with Gasteiger partial charge < -0.3 is 9.47 Å². The van der Waals surface area contributed by atoms with Crippen molar-refractivity contribution in [1.82, 2.24) is 0 Å². The largest absolute Gasteiger partial charge is 0.497 e. The van der Waals surface area contributed by atoms with E-state index in [-0.39, 0.29) is 6.10 Å². The van der Waals surface area contributed by atoms with Crippen molar-refractivity contribution in [3.63, 3.8) is 0 Å². The summed E-state index contributed by atoms with van der Waals surface area (Å²) in [5, 5.41) is 0. The summed E-state index contributed by atoms with van der Waals surface area (Å²) in [6, 6.07) is 25.5. The molecule has 0 N–H and O–H groups in total. The Morgan fingerprint density at radius 3 is 2.04 bits per heavy atom. The van der Waals surface area contributed by atoms with Crippen LogP contribution in [0.1, 0.15) is 28.4 Å². The predicted molar refractivity (Wildman–Crippen MR) is 108 cm³/mol. The van der Waals surface area contributed by atoms with E-state index >= 15 is 0 Å². The molecule has 2 nitrogen and oxygen atoms in total. The summed E-state index contributed by atoms with van der Waals surface area (Å²) >= 11 is 0. The highest BCUT2D eigenvalue weighted by atomic mass is 16.5. The Bertz CT molecular complexity index is 997. The van der Waals surface area contributed by atoms with Crippen LogP contribution in [-0.2, 0) is 4.74 Å². The molecule has 0 saturated heterocycles. The van der Waals surface area contributed by atoms with Crippen LogP contribution >= 0.6 is 0 Å². The maximum Gasteiger partial charge on any atom is 0.144 e. The van der Waals surface area contributed by atoms with Crippen molar-refractivity contribution in [2.75, 3.05) is 14.2 Å². The fourth-order valence-corrected chi connectivity index (χ4v) is 2.59. The second-order valence-corrected chi connectivity index (χ2v) is 5.82. The van der Waals surface area contributed by atoms with Crippen molar-refractivity contribution in [3.8, 4) is 29.4 Å². The first kappa shape index (κ1) is 18.3. The van der Waals surface area contributed by atoms with Crippen molar-refractivity contribution in [2.45, 2.75) is 6.10 Å². The molecule has 3 aromatic carbocycles. The van der Waals surface area contributed by atoms with Gasteiger partial charge >= 0.3 is 0 Å². The van der Waals surface area contributed by atoms with Crippen LogP contribution in [-0.4, -0.2) is 14.2 Å². The van der Waals surface area contributed by atoms with Crippen molar-refractivity contribution in [2.24, 2.45) is 0 Å². The summed E-state index contributed by atoms with van der Waals surface area (Å²) in [5.41, 5.74) is 3.75. The van der Waals surface area contributed by atoms with Gasteiger partial charge in [0.25, 0.3) is 0 Å². The molecule has 0 amide bonds. The van der Waals surface area contributed by atoms with E-state index < -0.39 is 0 Å². The molecule has 0 saturated carbocycles. The van der Waals surface area contributed by atoms with Gasteiger partial charge in [-0.15, -0.1) is 0 Å². The third-order valence-corrected chi connectivity index (χ3v) is 4.03. The first-order chi connectivity index (χ1) is 13.3. The molecule has 0 aliphatic rings. The maximum atomic E-state index is 5.62. The zero-order chi connectivity index (χ0) is 18.9. The summed E-state index contributed by atoms with van der Waals surface area (Å²) in [5.74, 6) is 13.6. The van der Waals surface area contributed by atoms with E-state index in [9.17, 15) is 0 Å². The number of benzene rings is 3. The van der Waals surface area contributed by atoms with Crippen LogP contribution in [0, 0.1) is 23.7 Å². The van der Waals surface area contributed by atoms with Crippen LogP contribution < -0.4 is 4.74 Å². The van der Waals surface area contributed by atoms with Gasteiger partial charge in [-0.3, -0.25) is 0 Å². The van der Waals surface area contributed by atoms with Gasteiger partial charge in [-0.25, -0.2) is 0 Å². The molecule has 3 rings (SSSR count). The smallest absolute Gasteiger partial charge is 0.144 e. The Kier molecular flexibility index (Phi) is 6.31. The summed E-state index contributed by atoms with van der Waals surface area (Å²) < 4.78 is 10.8. The molecule has 2 heteroatoms. The van der Waals surface area contributed by atoms with Gasteiger partial charge in [0.1, 0.15) is 11.9 Å². The Labute approximate surface area is 160 Å². The van der Waals surface area contributed by atoms with E-state index in [1.165, 1.54) is 0 Å². The zero-order valence-electron chi connectivity index (χ0n) is 15.4. The molecular formula is C25H20O2. The lowest BCUT2D eigenvalue weighted by atomic mass is 10.0. The van der Waals surface area contributed by atoms with Crippen LogP contribution in [0.25, 0.3) is 0 Å². The molecule has 0 heterocycles. The van der Waals surface area contributed by atoms with Gasteiger partial charge in [-0.1, -0.05) is 60.1 Å². The molecule has 0 aliphatic heterocycles. The van der Waals surface area contributed by atoms with Crippen LogP contribution in [0.4, 0.5) is 0 Å².